The van der Waals surface area contributed by atoms with Gasteiger partial charge in [0.05, 0.1) is 5.69 Å². The van der Waals surface area contributed by atoms with Gasteiger partial charge in [0.25, 0.3) is 5.91 Å². The number of nitrogens with two attached hydrogens (primary N) is 1. The highest BCUT2D eigenvalue weighted by atomic mass is 35.5. The number of carbonyl (C=O) groups excluding carboxylic acids is 2. The molecule has 2 N–H and O–H groups in total. The molecule has 2 amide bonds. The molecule has 138 valence electrons. The number of halogens is 1. The number of likely N-dealkylation sites (tertiary alicyclic amines) is 1. The van der Waals surface area contributed by atoms with E-state index in [1.807, 2.05) is 36.1 Å². The van der Waals surface area contributed by atoms with Gasteiger partial charge in [-0.05, 0) is 38.3 Å². The lowest BCUT2D eigenvalue weighted by Crippen LogP contribution is -2.52. The molecule has 1 aromatic rings. The van der Waals surface area contributed by atoms with Crippen molar-refractivity contribution in [1.82, 2.24) is 4.90 Å². The second-order valence-electron chi connectivity index (χ2n) is 6.56. The lowest BCUT2D eigenvalue weighted by molar-refractivity contribution is -0.135. The Morgan fingerprint density at radius 2 is 2.12 bits per heavy atom. The first kappa shape index (κ1) is 19.5. The van der Waals surface area contributed by atoms with E-state index < -0.39 is 0 Å². The molecule has 3 rings (SSSR count). The number of para-hydroxylation sites is 2. The number of amides is 2. The van der Waals surface area contributed by atoms with Crippen LogP contribution in [0, 0.1) is 0 Å². The molecule has 0 radical (unpaired) electrons. The average molecular weight is 368 g/mol. The summed E-state index contributed by atoms with van der Waals surface area (Å²) in [5.74, 6) is 0.661. The van der Waals surface area contributed by atoms with Crippen LogP contribution in [0.25, 0.3) is 0 Å². The second-order valence-corrected chi connectivity index (χ2v) is 6.56. The van der Waals surface area contributed by atoms with Gasteiger partial charge in [-0.15, -0.1) is 12.4 Å². The van der Waals surface area contributed by atoms with Crippen molar-refractivity contribution in [2.45, 2.75) is 44.7 Å². The van der Waals surface area contributed by atoms with Gasteiger partial charge in [0.15, 0.2) is 6.61 Å². The number of piperidine rings is 1. The van der Waals surface area contributed by atoms with Crippen molar-refractivity contribution >= 4 is 29.9 Å². The van der Waals surface area contributed by atoms with Crippen molar-refractivity contribution in [2.24, 2.45) is 5.73 Å². The minimum Gasteiger partial charge on any atom is -0.482 e. The van der Waals surface area contributed by atoms with E-state index in [9.17, 15) is 9.59 Å². The highest BCUT2D eigenvalue weighted by molar-refractivity contribution is 5.98. The van der Waals surface area contributed by atoms with Crippen molar-refractivity contribution in [3.05, 3.63) is 24.3 Å². The van der Waals surface area contributed by atoms with E-state index in [0.717, 1.165) is 31.5 Å². The molecule has 2 aliphatic heterocycles. The molecular formula is C18H26ClN3O3. The number of hydrogen-bond donors (Lipinski definition) is 1. The summed E-state index contributed by atoms with van der Waals surface area (Å²) in [5, 5.41) is 0. The number of nitrogens with zero attached hydrogens (tertiary/aromatic N) is 2. The Bertz CT molecular complexity index is 623. The third kappa shape index (κ3) is 4.25. The topological polar surface area (TPSA) is 75.9 Å². The first-order valence-corrected chi connectivity index (χ1v) is 8.65. The van der Waals surface area contributed by atoms with Gasteiger partial charge in [0, 0.05) is 31.6 Å². The Balaban J connectivity index is 0.00000225. The second kappa shape index (κ2) is 8.54. The van der Waals surface area contributed by atoms with E-state index in [2.05, 4.69) is 0 Å². The summed E-state index contributed by atoms with van der Waals surface area (Å²) in [4.78, 5) is 28.4. The lowest BCUT2D eigenvalue weighted by Gasteiger charge is -2.38. The van der Waals surface area contributed by atoms with Gasteiger partial charge >= 0.3 is 0 Å². The molecule has 6 nitrogen and oxygen atoms in total. The molecule has 7 heteroatoms. The van der Waals surface area contributed by atoms with Gasteiger partial charge in [0.1, 0.15) is 5.75 Å². The van der Waals surface area contributed by atoms with Crippen LogP contribution in [0.2, 0.25) is 0 Å². The molecule has 2 aliphatic rings. The van der Waals surface area contributed by atoms with Crippen molar-refractivity contribution in [1.29, 1.82) is 0 Å². The number of carbonyl (C=O) groups is 2. The fourth-order valence-corrected chi connectivity index (χ4v) is 3.56. The molecule has 2 atom stereocenters. The molecule has 25 heavy (non-hydrogen) atoms. The maximum absolute atomic E-state index is 12.7. The zero-order valence-electron chi connectivity index (χ0n) is 14.5. The molecule has 0 saturated carbocycles. The van der Waals surface area contributed by atoms with Crippen LogP contribution in [0.4, 0.5) is 5.69 Å². The van der Waals surface area contributed by atoms with Crippen LogP contribution in [0.1, 0.15) is 32.6 Å². The maximum atomic E-state index is 12.7. The highest BCUT2D eigenvalue weighted by Crippen LogP contribution is 2.31. The van der Waals surface area contributed by atoms with Crippen LogP contribution in [0.3, 0.4) is 0 Å². The number of benzene rings is 1. The predicted octanol–water partition coefficient (Wildman–Crippen LogP) is 1.95. The van der Waals surface area contributed by atoms with Gasteiger partial charge < -0.3 is 20.3 Å². The number of anilines is 1. The van der Waals surface area contributed by atoms with Crippen molar-refractivity contribution in [3.63, 3.8) is 0 Å². The van der Waals surface area contributed by atoms with Crippen LogP contribution in [-0.2, 0) is 9.59 Å². The Morgan fingerprint density at radius 3 is 2.88 bits per heavy atom. The standard InChI is InChI=1S/C18H25N3O3.ClH/c1-13(19)14-6-4-5-10-20(14)17(22)9-11-21-15-7-2-3-8-16(15)24-12-18(21)23;/h2-3,7-8,13-14H,4-6,9-12,19H2,1H3;1H. The van der Waals surface area contributed by atoms with Crippen LogP contribution in [0.15, 0.2) is 24.3 Å². The summed E-state index contributed by atoms with van der Waals surface area (Å²) in [6.07, 6.45) is 3.41. The third-order valence-corrected chi connectivity index (χ3v) is 4.83. The SMILES string of the molecule is CC(N)C1CCCCN1C(=O)CCN1C(=O)COc2ccccc21.Cl. The summed E-state index contributed by atoms with van der Waals surface area (Å²) in [7, 11) is 0. The first-order chi connectivity index (χ1) is 11.6. The number of fused-ring (bicyclic) bond motifs is 1. The molecule has 1 aromatic carbocycles. The molecule has 1 fully saturated rings. The summed E-state index contributed by atoms with van der Waals surface area (Å²) in [5.41, 5.74) is 6.78. The Kier molecular flexibility index (Phi) is 6.67. The fraction of sp³-hybridized carbons (Fsp3) is 0.556. The smallest absolute Gasteiger partial charge is 0.265 e. The molecule has 0 bridgehead atoms. The van der Waals surface area contributed by atoms with E-state index in [1.54, 1.807) is 4.90 Å². The molecule has 1 saturated heterocycles. The average Bonchev–Trinajstić information content (AvgIpc) is 2.60. The maximum Gasteiger partial charge on any atom is 0.265 e. The monoisotopic (exact) mass is 367 g/mol. The predicted molar refractivity (Wildman–Crippen MR) is 99.2 cm³/mol. The molecule has 0 spiro atoms. The minimum atomic E-state index is -0.108. The summed E-state index contributed by atoms with van der Waals surface area (Å²) in [6.45, 7) is 3.12. The molecule has 2 heterocycles. The quantitative estimate of drug-likeness (QED) is 0.882. The Labute approximate surface area is 154 Å². The summed E-state index contributed by atoms with van der Waals surface area (Å²) < 4.78 is 5.43. The normalized spacial score (nSPS) is 21.0. The van der Waals surface area contributed by atoms with E-state index >= 15 is 0 Å². The number of ether oxygens (including phenoxy) is 1. The molecule has 0 aliphatic carbocycles. The third-order valence-electron chi connectivity index (χ3n) is 4.83. The van der Waals surface area contributed by atoms with Gasteiger partial charge in [-0.1, -0.05) is 12.1 Å². The lowest BCUT2D eigenvalue weighted by atomic mass is 9.96. The zero-order chi connectivity index (χ0) is 17.1. The van der Waals surface area contributed by atoms with E-state index in [0.29, 0.717) is 18.7 Å². The Morgan fingerprint density at radius 1 is 1.36 bits per heavy atom. The summed E-state index contributed by atoms with van der Waals surface area (Å²) >= 11 is 0. The Hall–Kier alpha value is -1.79. The first-order valence-electron chi connectivity index (χ1n) is 8.65. The largest absolute Gasteiger partial charge is 0.482 e. The molecular weight excluding hydrogens is 342 g/mol. The van der Waals surface area contributed by atoms with Crippen LogP contribution in [0.5, 0.6) is 5.75 Å². The van der Waals surface area contributed by atoms with Crippen LogP contribution >= 0.6 is 12.4 Å². The van der Waals surface area contributed by atoms with Crippen molar-refractivity contribution in [3.8, 4) is 5.75 Å². The van der Waals surface area contributed by atoms with Gasteiger partial charge in [-0.25, -0.2) is 0 Å². The van der Waals surface area contributed by atoms with Gasteiger partial charge in [-0.2, -0.15) is 0 Å². The van der Waals surface area contributed by atoms with E-state index in [1.165, 1.54) is 0 Å². The van der Waals surface area contributed by atoms with Gasteiger partial charge in [-0.3, -0.25) is 9.59 Å². The van der Waals surface area contributed by atoms with Crippen molar-refractivity contribution < 1.29 is 14.3 Å². The zero-order valence-corrected chi connectivity index (χ0v) is 15.3. The van der Waals surface area contributed by atoms with Crippen LogP contribution in [-0.4, -0.2) is 48.5 Å². The molecule has 2 unspecified atom stereocenters. The molecule has 0 aromatic heterocycles. The summed E-state index contributed by atoms with van der Waals surface area (Å²) in [6, 6.07) is 7.51. The number of rotatable bonds is 4. The number of hydrogen-bond acceptors (Lipinski definition) is 4. The minimum absolute atomic E-state index is 0. The van der Waals surface area contributed by atoms with Crippen LogP contribution < -0.4 is 15.4 Å². The van der Waals surface area contributed by atoms with E-state index in [4.69, 9.17) is 10.5 Å². The fourth-order valence-electron chi connectivity index (χ4n) is 3.56. The highest BCUT2D eigenvalue weighted by Gasteiger charge is 2.31. The van der Waals surface area contributed by atoms with E-state index in [-0.39, 0.29) is 42.9 Å². The van der Waals surface area contributed by atoms with Crippen molar-refractivity contribution in [2.75, 3.05) is 24.6 Å². The van der Waals surface area contributed by atoms with Gasteiger partial charge in [0.2, 0.25) is 5.91 Å².